The minimum Gasteiger partial charge on any atom is -0.368 e. The summed E-state index contributed by atoms with van der Waals surface area (Å²) in [7, 11) is 0. The Morgan fingerprint density at radius 3 is 3.06 bits per heavy atom. The third kappa shape index (κ3) is 1.51. The van der Waals surface area contributed by atoms with Gasteiger partial charge in [0.25, 0.3) is 0 Å². The number of benzene rings is 1. The van der Waals surface area contributed by atoms with E-state index in [9.17, 15) is 0 Å². The van der Waals surface area contributed by atoms with Crippen LogP contribution in [-0.2, 0) is 0 Å². The summed E-state index contributed by atoms with van der Waals surface area (Å²) in [5.74, 6) is 1.02. The van der Waals surface area contributed by atoms with Crippen molar-refractivity contribution in [3.63, 3.8) is 0 Å². The van der Waals surface area contributed by atoms with Gasteiger partial charge in [-0.2, -0.15) is 0 Å². The molecule has 1 aliphatic heterocycles. The molecular weight excluding hydrogens is 240 g/mol. The molecule has 1 aliphatic rings. The largest absolute Gasteiger partial charge is 0.368 e. The molecule has 1 aromatic carbocycles. The molecule has 2 aromatic rings. The van der Waals surface area contributed by atoms with Gasteiger partial charge in [-0.1, -0.05) is 11.6 Å². The molecule has 2 nitrogen and oxygen atoms in total. The highest BCUT2D eigenvalue weighted by molar-refractivity contribution is 7.19. The number of nitrogens with one attached hydrogen (secondary N) is 1. The molecule has 0 spiro atoms. The van der Waals surface area contributed by atoms with Crippen molar-refractivity contribution in [2.45, 2.75) is 6.92 Å². The van der Waals surface area contributed by atoms with E-state index in [1.54, 1.807) is 11.3 Å². The lowest BCUT2D eigenvalue weighted by Gasteiger charge is -2.02. The van der Waals surface area contributed by atoms with Gasteiger partial charge < -0.3 is 5.32 Å². The fraction of sp³-hybridized carbons (Fsp3) is 0.250. The molecule has 0 radical (unpaired) electrons. The number of hydrogen-bond acceptors (Lipinski definition) is 3. The maximum atomic E-state index is 6.05. The van der Waals surface area contributed by atoms with Crippen LogP contribution < -0.4 is 5.32 Å². The number of amidine groups is 1. The van der Waals surface area contributed by atoms with Crippen LogP contribution in [0.15, 0.2) is 23.2 Å². The van der Waals surface area contributed by atoms with E-state index in [1.165, 1.54) is 20.5 Å². The number of fused-ring (bicyclic) bond motifs is 1. The van der Waals surface area contributed by atoms with Gasteiger partial charge in [-0.3, -0.25) is 4.99 Å². The van der Waals surface area contributed by atoms with Crippen molar-refractivity contribution in [1.29, 1.82) is 0 Å². The Morgan fingerprint density at radius 2 is 2.31 bits per heavy atom. The first kappa shape index (κ1) is 10.1. The first-order valence-electron chi connectivity index (χ1n) is 5.23. The Kier molecular flexibility index (Phi) is 2.37. The van der Waals surface area contributed by atoms with Gasteiger partial charge >= 0.3 is 0 Å². The zero-order valence-corrected chi connectivity index (χ0v) is 10.5. The second-order valence-electron chi connectivity index (χ2n) is 3.83. The van der Waals surface area contributed by atoms with Gasteiger partial charge in [0.2, 0.25) is 0 Å². The third-order valence-electron chi connectivity index (χ3n) is 2.74. The zero-order chi connectivity index (χ0) is 11.1. The van der Waals surface area contributed by atoms with E-state index < -0.39 is 0 Å². The monoisotopic (exact) mass is 250 g/mol. The van der Waals surface area contributed by atoms with E-state index in [4.69, 9.17) is 11.6 Å². The maximum absolute atomic E-state index is 6.05. The van der Waals surface area contributed by atoms with Crippen LogP contribution in [0.3, 0.4) is 0 Å². The van der Waals surface area contributed by atoms with Gasteiger partial charge in [0.05, 0.1) is 6.54 Å². The SMILES string of the molecule is Cc1sc2ccc(Cl)cc2c1C1=NCCN1. The van der Waals surface area contributed by atoms with Gasteiger partial charge in [0.15, 0.2) is 0 Å². The second kappa shape index (κ2) is 3.75. The number of rotatable bonds is 1. The molecule has 82 valence electrons. The van der Waals surface area contributed by atoms with E-state index in [2.05, 4.69) is 23.3 Å². The smallest absolute Gasteiger partial charge is 0.130 e. The van der Waals surface area contributed by atoms with E-state index in [1.807, 2.05) is 12.1 Å². The second-order valence-corrected chi connectivity index (χ2v) is 5.52. The molecule has 0 amide bonds. The fourth-order valence-corrected chi connectivity index (χ4v) is 3.27. The minimum atomic E-state index is 0.783. The van der Waals surface area contributed by atoms with E-state index in [0.29, 0.717) is 0 Å². The summed E-state index contributed by atoms with van der Waals surface area (Å²) in [6.07, 6.45) is 0. The topological polar surface area (TPSA) is 24.4 Å². The van der Waals surface area contributed by atoms with Gasteiger partial charge in [-0.05, 0) is 25.1 Å². The molecule has 0 atom stereocenters. The summed E-state index contributed by atoms with van der Waals surface area (Å²) in [6.45, 7) is 3.94. The summed E-state index contributed by atoms with van der Waals surface area (Å²) >= 11 is 7.85. The fourth-order valence-electron chi connectivity index (χ4n) is 2.05. The van der Waals surface area contributed by atoms with Crippen molar-refractivity contribution in [3.05, 3.63) is 33.7 Å². The van der Waals surface area contributed by atoms with Crippen LogP contribution in [0.25, 0.3) is 10.1 Å². The standard InChI is InChI=1S/C12H11ClN2S/c1-7-11(12-14-4-5-15-12)9-6-8(13)2-3-10(9)16-7/h2-3,6H,4-5H2,1H3,(H,14,15). The highest BCUT2D eigenvalue weighted by Gasteiger charge is 2.16. The van der Waals surface area contributed by atoms with Crippen molar-refractivity contribution >= 4 is 38.9 Å². The predicted molar refractivity (Wildman–Crippen MR) is 71.0 cm³/mol. The summed E-state index contributed by atoms with van der Waals surface area (Å²) in [6, 6.07) is 6.04. The molecule has 0 saturated carbocycles. The molecule has 0 fully saturated rings. The molecule has 0 saturated heterocycles. The maximum Gasteiger partial charge on any atom is 0.130 e. The van der Waals surface area contributed by atoms with Crippen LogP contribution in [0.2, 0.25) is 5.02 Å². The molecule has 4 heteroatoms. The van der Waals surface area contributed by atoms with Crippen molar-refractivity contribution in [2.75, 3.05) is 13.1 Å². The van der Waals surface area contributed by atoms with E-state index in [0.717, 1.165) is 23.9 Å². The first-order chi connectivity index (χ1) is 7.75. The molecule has 1 N–H and O–H groups in total. The van der Waals surface area contributed by atoms with Crippen LogP contribution in [0.4, 0.5) is 0 Å². The summed E-state index contributed by atoms with van der Waals surface area (Å²) in [5, 5.41) is 5.32. The Balaban J connectivity index is 2.29. The zero-order valence-electron chi connectivity index (χ0n) is 8.88. The van der Waals surface area contributed by atoms with Crippen molar-refractivity contribution in [3.8, 4) is 0 Å². The Labute approximate surface area is 103 Å². The summed E-state index contributed by atoms with van der Waals surface area (Å²) in [5.41, 5.74) is 1.22. The normalized spacial score (nSPS) is 15.2. The lowest BCUT2D eigenvalue weighted by molar-refractivity contribution is 0.960. The van der Waals surface area contributed by atoms with Crippen LogP contribution in [0, 0.1) is 6.92 Å². The highest BCUT2D eigenvalue weighted by Crippen LogP contribution is 2.33. The third-order valence-corrected chi connectivity index (χ3v) is 4.06. The summed E-state index contributed by atoms with van der Waals surface area (Å²) in [4.78, 5) is 5.78. The Morgan fingerprint density at radius 1 is 1.44 bits per heavy atom. The first-order valence-corrected chi connectivity index (χ1v) is 6.42. The number of halogens is 1. The van der Waals surface area contributed by atoms with Crippen molar-refractivity contribution < 1.29 is 0 Å². The van der Waals surface area contributed by atoms with Crippen molar-refractivity contribution in [1.82, 2.24) is 5.32 Å². The lowest BCUT2D eigenvalue weighted by Crippen LogP contribution is -2.19. The molecule has 0 bridgehead atoms. The van der Waals surface area contributed by atoms with Crippen LogP contribution in [0.1, 0.15) is 10.4 Å². The number of aryl methyl sites for hydroxylation is 1. The Bertz CT molecular complexity index is 586. The molecule has 3 rings (SSSR count). The predicted octanol–water partition coefficient (Wildman–Crippen LogP) is 3.21. The number of aliphatic imine (C=N–C) groups is 1. The van der Waals surface area contributed by atoms with E-state index >= 15 is 0 Å². The summed E-state index contributed by atoms with van der Waals surface area (Å²) < 4.78 is 1.27. The minimum absolute atomic E-state index is 0.783. The average molecular weight is 251 g/mol. The van der Waals surface area contributed by atoms with Crippen molar-refractivity contribution in [2.24, 2.45) is 4.99 Å². The highest BCUT2D eigenvalue weighted by atomic mass is 35.5. The van der Waals surface area contributed by atoms with Gasteiger partial charge in [0, 0.05) is 32.1 Å². The molecule has 16 heavy (non-hydrogen) atoms. The average Bonchev–Trinajstić information content (AvgIpc) is 2.83. The molecule has 0 aliphatic carbocycles. The van der Waals surface area contributed by atoms with E-state index in [-0.39, 0.29) is 0 Å². The molecular formula is C12H11ClN2S. The van der Waals surface area contributed by atoms with Gasteiger partial charge in [-0.15, -0.1) is 11.3 Å². The number of nitrogens with zero attached hydrogens (tertiary/aromatic N) is 1. The van der Waals surface area contributed by atoms with Crippen LogP contribution >= 0.6 is 22.9 Å². The quantitative estimate of drug-likeness (QED) is 0.826. The van der Waals surface area contributed by atoms with Crippen LogP contribution in [-0.4, -0.2) is 18.9 Å². The van der Waals surface area contributed by atoms with Gasteiger partial charge in [-0.25, -0.2) is 0 Å². The van der Waals surface area contributed by atoms with Gasteiger partial charge in [0.1, 0.15) is 5.84 Å². The number of thiophene rings is 1. The lowest BCUT2D eigenvalue weighted by atomic mass is 10.1. The number of hydrogen-bond donors (Lipinski definition) is 1. The Hall–Kier alpha value is -1.06. The molecule has 0 unspecified atom stereocenters. The molecule has 1 aromatic heterocycles. The van der Waals surface area contributed by atoms with Crippen LogP contribution in [0.5, 0.6) is 0 Å². The molecule has 2 heterocycles.